The Hall–Kier alpha value is -2.04. The molecule has 1 aromatic carbocycles. The number of hydrogen-bond acceptors (Lipinski definition) is 5. The van der Waals surface area contributed by atoms with E-state index >= 15 is 0 Å². The summed E-state index contributed by atoms with van der Waals surface area (Å²) in [6, 6.07) is 5.05. The minimum atomic E-state index is -0.221. The van der Waals surface area contributed by atoms with Crippen LogP contribution in [0, 0.1) is 23.2 Å². The Balaban J connectivity index is 1.18. The second kappa shape index (κ2) is 6.00. The lowest BCUT2D eigenvalue weighted by molar-refractivity contribution is -0.150. The van der Waals surface area contributed by atoms with Gasteiger partial charge in [0.2, 0.25) is 6.79 Å². The van der Waals surface area contributed by atoms with E-state index in [0.717, 1.165) is 17.8 Å². The maximum absolute atomic E-state index is 12.4. The minimum Gasteiger partial charge on any atom is -0.457 e. The van der Waals surface area contributed by atoms with Gasteiger partial charge in [-0.25, -0.2) is 0 Å². The molecule has 26 heavy (non-hydrogen) atoms. The normalized spacial score (nSPS) is 33.3. The van der Waals surface area contributed by atoms with Crippen LogP contribution in [0.3, 0.4) is 0 Å². The standard InChI is InChI=1S/C21H24O5/c22-17(16-1-2-18-19(6-16)26-12-25-18)11-24-20(23)10-21-7-13-3-14(8-21)5-15(4-13)9-21/h1-2,6,13-15H,3-5,7-12H2. The molecule has 0 atom stereocenters. The summed E-state index contributed by atoms with van der Waals surface area (Å²) in [6.07, 6.45) is 8.06. The quantitative estimate of drug-likeness (QED) is 0.594. The Bertz CT molecular complexity index is 717. The third kappa shape index (κ3) is 2.87. The first-order valence-electron chi connectivity index (χ1n) is 9.67. The van der Waals surface area contributed by atoms with Crippen LogP contribution in [0.4, 0.5) is 0 Å². The van der Waals surface area contributed by atoms with E-state index in [9.17, 15) is 9.59 Å². The smallest absolute Gasteiger partial charge is 0.306 e. The van der Waals surface area contributed by atoms with E-state index in [1.165, 1.54) is 38.5 Å². The average Bonchev–Trinajstić information content (AvgIpc) is 3.05. The Morgan fingerprint density at radius 3 is 2.35 bits per heavy atom. The van der Waals surface area contributed by atoms with E-state index in [0.29, 0.717) is 23.5 Å². The lowest BCUT2D eigenvalue weighted by Gasteiger charge is -2.56. The van der Waals surface area contributed by atoms with Crippen molar-refractivity contribution in [2.75, 3.05) is 13.4 Å². The van der Waals surface area contributed by atoms with Crippen molar-refractivity contribution >= 4 is 11.8 Å². The number of rotatable bonds is 5. The maximum atomic E-state index is 12.4. The van der Waals surface area contributed by atoms with Gasteiger partial charge in [-0.2, -0.15) is 0 Å². The summed E-state index contributed by atoms with van der Waals surface area (Å²) in [4.78, 5) is 24.8. The largest absolute Gasteiger partial charge is 0.457 e. The highest BCUT2D eigenvalue weighted by atomic mass is 16.7. The Labute approximate surface area is 153 Å². The lowest BCUT2D eigenvalue weighted by atomic mass is 9.49. The Morgan fingerprint density at radius 2 is 1.65 bits per heavy atom. The van der Waals surface area contributed by atoms with E-state index in [2.05, 4.69) is 0 Å². The van der Waals surface area contributed by atoms with Crippen LogP contribution in [0.25, 0.3) is 0 Å². The molecule has 1 aromatic rings. The SMILES string of the molecule is O=C(CC12CC3CC(CC(C3)C1)C2)OCC(=O)c1ccc2c(c1)OCO2. The predicted octanol–water partition coefficient (Wildman–Crippen LogP) is 3.75. The fourth-order valence-corrected chi connectivity index (χ4v) is 6.16. The summed E-state index contributed by atoms with van der Waals surface area (Å²) in [5.74, 6) is 3.21. The van der Waals surface area contributed by atoms with Crippen LogP contribution in [-0.2, 0) is 9.53 Å². The van der Waals surface area contributed by atoms with Crippen molar-refractivity contribution < 1.29 is 23.8 Å². The molecule has 6 rings (SSSR count). The summed E-state index contributed by atoms with van der Waals surface area (Å²) in [7, 11) is 0. The second-order valence-corrected chi connectivity index (χ2v) is 8.75. The third-order valence-corrected chi connectivity index (χ3v) is 6.74. The van der Waals surface area contributed by atoms with Crippen LogP contribution in [0.5, 0.6) is 11.5 Å². The number of fused-ring (bicyclic) bond motifs is 1. The van der Waals surface area contributed by atoms with Gasteiger partial charge >= 0.3 is 5.97 Å². The molecule has 1 aliphatic heterocycles. The fourth-order valence-electron chi connectivity index (χ4n) is 6.16. The third-order valence-electron chi connectivity index (χ3n) is 6.74. The van der Waals surface area contributed by atoms with Crippen molar-refractivity contribution in [1.29, 1.82) is 0 Å². The van der Waals surface area contributed by atoms with Crippen molar-refractivity contribution in [2.24, 2.45) is 23.2 Å². The number of ketones is 1. The Morgan fingerprint density at radius 1 is 1.00 bits per heavy atom. The van der Waals surface area contributed by atoms with Crippen LogP contribution < -0.4 is 9.47 Å². The number of esters is 1. The molecule has 4 aliphatic carbocycles. The van der Waals surface area contributed by atoms with Gasteiger partial charge in [0.15, 0.2) is 23.9 Å². The highest BCUT2D eigenvalue weighted by Crippen LogP contribution is 2.61. The molecule has 1 heterocycles. The molecule has 5 heteroatoms. The lowest BCUT2D eigenvalue weighted by Crippen LogP contribution is -2.47. The first kappa shape index (κ1) is 16.2. The van der Waals surface area contributed by atoms with Gasteiger partial charge in [0, 0.05) is 5.56 Å². The molecule has 0 radical (unpaired) electrons. The van der Waals surface area contributed by atoms with Crippen LogP contribution in [-0.4, -0.2) is 25.2 Å². The molecule has 5 nitrogen and oxygen atoms in total. The van der Waals surface area contributed by atoms with Crippen molar-refractivity contribution in [3.05, 3.63) is 23.8 Å². The first-order valence-corrected chi connectivity index (χ1v) is 9.67. The zero-order valence-electron chi connectivity index (χ0n) is 14.9. The number of Topliss-reactive ketones (excluding diaryl/α,β-unsaturated/α-hetero) is 1. The molecule has 0 unspecified atom stereocenters. The van der Waals surface area contributed by atoms with Gasteiger partial charge in [0.05, 0.1) is 6.42 Å². The molecule has 4 saturated carbocycles. The molecule has 0 amide bonds. The van der Waals surface area contributed by atoms with Gasteiger partial charge in [0.1, 0.15) is 0 Å². The number of carbonyl (C=O) groups is 2. The van der Waals surface area contributed by atoms with Gasteiger partial charge in [0.25, 0.3) is 0 Å². The number of hydrogen-bond donors (Lipinski definition) is 0. The molecule has 5 aliphatic rings. The average molecular weight is 356 g/mol. The fraction of sp³-hybridized carbons (Fsp3) is 0.619. The topological polar surface area (TPSA) is 61.8 Å². The van der Waals surface area contributed by atoms with E-state index in [4.69, 9.17) is 14.2 Å². The van der Waals surface area contributed by atoms with Crippen molar-refractivity contribution in [1.82, 2.24) is 0 Å². The van der Waals surface area contributed by atoms with Crippen molar-refractivity contribution in [2.45, 2.75) is 44.9 Å². The van der Waals surface area contributed by atoms with E-state index in [-0.39, 0.29) is 30.6 Å². The Kier molecular flexibility index (Phi) is 3.73. The summed E-state index contributed by atoms with van der Waals surface area (Å²) in [6.45, 7) is -0.0299. The van der Waals surface area contributed by atoms with Crippen LogP contribution in [0.2, 0.25) is 0 Å². The monoisotopic (exact) mass is 356 g/mol. The van der Waals surface area contributed by atoms with Gasteiger partial charge in [-0.15, -0.1) is 0 Å². The molecule has 0 aromatic heterocycles. The summed E-state index contributed by atoms with van der Waals surface area (Å²) < 4.78 is 15.9. The van der Waals surface area contributed by atoms with Crippen LogP contribution >= 0.6 is 0 Å². The maximum Gasteiger partial charge on any atom is 0.306 e. The highest BCUT2D eigenvalue weighted by Gasteiger charge is 2.51. The van der Waals surface area contributed by atoms with Crippen molar-refractivity contribution in [3.8, 4) is 11.5 Å². The molecular formula is C21H24O5. The summed E-state index contributed by atoms with van der Waals surface area (Å²) in [5.41, 5.74) is 0.630. The molecular weight excluding hydrogens is 332 g/mol. The van der Waals surface area contributed by atoms with Gasteiger partial charge < -0.3 is 14.2 Å². The van der Waals surface area contributed by atoms with E-state index in [1.54, 1.807) is 18.2 Å². The molecule has 0 N–H and O–H groups in total. The van der Waals surface area contributed by atoms with Crippen molar-refractivity contribution in [3.63, 3.8) is 0 Å². The minimum absolute atomic E-state index is 0.146. The molecule has 0 saturated heterocycles. The molecule has 138 valence electrons. The van der Waals surface area contributed by atoms with E-state index in [1.807, 2.05) is 0 Å². The van der Waals surface area contributed by atoms with E-state index < -0.39 is 0 Å². The van der Waals surface area contributed by atoms with Gasteiger partial charge in [-0.1, -0.05) is 0 Å². The number of ether oxygens (including phenoxy) is 3. The van der Waals surface area contributed by atoms with Gasteiger partial charge in [-0.05, 0) is 79.9 Å². The number of carbonyl (C=O) groups excluding carboxylic acids is 2. The number of benzene rings is 1. The zero-order valence-corrected chi connectivity index (χ0v) is 14.9. The zero-order chi connectivity index (χ0) is 17.7. The predicted molar refractivity (Wildman–Crippen MR) is 93.1 cm³/mol. The summed E-state index contributed by atoms with van der Waals surface area (Å²) in [5, 5.41) is 0. The molecule has 0 spiro atoms. The first-order chi connectivity index (χ1) is 12.6. The van der Waals surface area contributed by atoms with Crippen LogP contribution in [0.1, 0.15) is 55.3 Å². The second-order valence-electron chi connectivity index (χ2n) is 8.75. The van der Waals surface area contributed by atoms with Crippen LogP contribution in [0.15, 0.2) is 18.2 Å². The molecule has 4 fully saturated rings. The molecule has 4 bridgehead atoms. The van der Waals surface area contributed by atoms with Gasteiger partial charge in [-0.3, -0.25) is 9.59 Å². The summed E-state index contributed by atoms with van der Waals surface area (Å²) >= 11 is 0. The highest BCUT2D eigenvalue weighted by molar-refractivity contribution is 5.98.